The molecule has 0 fully saturated rings. The number of aliphatic hydroxyl groups is 1. The molecule has 0 heterocycles. The molecule has 1 aromatic carbocycles. The first-order valence-electron chi connectivity index (χ1n) is 6.31. The zero-order valence-electron chi connectivity index (χ0n) is 10.8. The molecule has 0 radical (unpaired) electrons. The van der Waals surface area contributed by atoms with E-state index in [2.05, 4.69) is 5.32 Å². The van der Waals surface area contributed by atoms with Gasteiger partial charge in [0.1, 0.15) is 12.4 Å². The second-order valence-corrected chi connectivity index (χ2v) is 4.27. The molecule has 0 aliphatic heterocycles. The summed E-state index contributed by atoms with van der Waals surface area (Å²) in [4.78, 5) is 0. The first-order valence-corrected chi connectivity index (χ1v) is 6.31. The van der Waals surface area contributed by atoms with Crippen molar-refractivity contribution in [3.05, 3.63) is 30.3 Å². The zero-order valence-corrected chi connectivity index (χ0v) is 10.8. The Balaban J connectivity index is 2.13. The van der Waals surface area contributed by atoms with E-state index in [1.807, 2.05) is 44.2 Å². The Kier molecular flexibility index (Phi) is 6.01. The molecule has 0 bridgehead atoms. The van der Waals surface area contributed by atoms with E-state index >= 15 is 0 Å². The van der Waals surface area contributed by atoms with Crippen LogP contribution in [0.15, 0.2) is 30.3 Å². The van der Waals surface area contributed by atoms with Gasteiger partial charge in [-0.15, -0.1) is 0 Å². The van der Waals surface area contributed by atoms with Gasteiger partial charge in [-0.25, -0.2) is 0 Å². The number of hydrogen-bond donors (Lipinski definition) is 2. The summed E-state index contributed by atoms with van der Waals surface area (Å²) in [5.74, 6) is 0.885. The Bertz CT molecular complexity index is 296. The van der Waals surface area contributed by atoms with Crippen LogP contribution in [0.4, 0.5) is 0 Å². The van der Waals surface area contributed by atoms with E-state index in [9.17, 15) is 5.11 Å². The van der Waals surface area contributed by atoms with Crippen molar-refractivity contribution in [2.75, 3.05) is 19.7 Å². The van der Waals surface area contributed by atoms with Gasteiger partial charge in [0.05, 0.1) is 5.60 Å². The Labute approximate surface area is 104 Å². The summed E-state index contributed by atoms with van der Waals surface area (Å²) in [5.41, 5.74) is -0.577. The minimum absolute atomic E-state index is 0.577. The molecular formula is C14H23NO2. The van der Waals surface area contributed by atoms with Crippen molar-refractivity contribution < 1.29 is 9.84 Å². The van der Waals surface area contributed by atoms with Crippen molar-refractivity contribution in [3.8, 4) is 5.75 Å². The molecule has 0 spiro atoms. The lowest BCUT2D eigenvalue weighted by atomic mass is 9.98. The fourth-order valence-electron chi connectivity index (χ4n) is 1.58. The van der Waals surface area contributed by atoms with Crippen molar-refractivity contribution in [1.29, 1.82) is 0 Å². The highest BCUT2D eigenvalue weighted by molar-refractivity contribution is 5.20. The van der Waals surface area contributed by atoms with Crippen LogP contribution < -0.4 is 10.1 Å². The van der Waals surface area contributed by atoms with Gasteiger partial charge in [-0.2, -0.15) is 0 Å². The summed E-state index contributed by atoms with van der Waals surface area (Å²) in [7, 11) is 0. The quantitative estimate of drug-likeness (QED) is 0.681. The lowest BCUT2D eigenvalue weighted by Gasteiger charge is -2.25. The van der Waals surface area contributed by atoms with E-state index in [1.165, 1.54) is 0 Å². The van der Waals surface area contributed by atoms with Crippen molar-refractivity contribution in [1.82, 2.24) is 5.32 Å². The fourth-order valence-corrected chi connectivity index (χ4v) is 1.58. The molecule has 0 aliphatic carbocycles. The fraction of sp³-hybridized carbons (Fsp3) is 0.571. The highest BCUT2D eigenvalue weighted by Gasteiger charge is 2.20. The number of para-hydroxylation sites is 1. The van der Waals surface area contributed by atoms with Gasteiger partial charge in [0, 0.05) is 13.1 Å². The van der Waals surface area contributed by atoms with Crippen LogP contribution in [0.3, 0.4) is 0 Å². The highest BCUT2D eigenvalue weighted by atomic mass is 16.5. The molecule has 0 saturated heterocycles. The standard InChI is InChI=1S/C14H23NO2/c1-3-14(16,4-2)12-15-10-11-17-13-8-6-5-7-9-13/h5-9,15-16H,3-4,10-12H2,1-2H3. The molecule has 0 aliphatic rings. The van der Waals surface area contributed by atoms with E-state index in [0.29, 0.717) is 13.2 Å². The van der Waals surface area contributed by atoms with Gasteiger partial charge in [-0.05, 0) is 25.0 Å². The Morgan fingerprint density at radius 1 is 1.18 bits per heavy atom. The van der Waals surface area contributed by atoms with Gasteiger partial charge in [0.2, 0.25) is 0 Å². The smallest absolute Gasteiger partial charge is 0.119 e. The molecule has 96 valence electrons. The summed E-state index contributed by atoms with van der Waals surface area (Å²) in [6, 6.07) is 9.75. The SMILES string of the molecule is CCC(O)(CC)CNCCOc1ccccc1. The molecule has 1 rings (SSSR count). The van der Waals surface area contributed by atoms with Gasteiger partial charge in [-0.1, -0.05) is 32.0 Å². The molecule has 17 heavy (non-hydrogen) atoms. The number of ether oxygens (including phenoxy) is 1. The van der Waals surface area contributed by atoms with Gasteiger partial charge in [-0.3, -0.25) is 0 Å². The van der Waals surface area contributed by atoms with Crippen molar-refractivity contribution in [2.45, 2.75) is 32.3 Å². The molecular weight excluding hydrogens is 214 g/mol. The lowest BCUT2D eigenvalue weighted by molar-refractivity contribution is 0.0320. The Hall–Kier alpha value is -1.06. The van der Waals surface area contributed by atoms with E-state index in [1.54, 1.807) is 0 Å². The molecule has 0 amide bonds. The largest absolute Gasteiger partial charge is 0.492 e. The zero-order chi connectivity index (χ0) is 12.6. The Morgan fingerprint density at radius 2 is 1.82 bits per heavy atom. The summed E-state index contributed by atoms with van der Waals surface area (Å²) in [6.45, 7) is 6.00. The third-order valence-corrected chi connectivity index (χ3v) is 3.06. The molecule has 1 aromatic rings. The molecule has 3 heteroatoms. The van der Waals surface area contributed by atoms with Gasteiger partial charge < -0.3 is 15.2 Å². The maximum absolute atomic E-state index is 10.0. The van der Waals surface area contributed by atoms with Gasteiger partial charge in [0.15, 0.2) is 0 Å². The first kappa shape index (κ1) is 14.0. The van der Waals surface area contributed by atoms with Crippen LogP contribution in [0.2, 0.25) is 0 Å². The van der Waals surface area contributed by atoms with E-state index in [-0.39, 0.29) is 0 Å². The number of hydrogen-bond acceptors (Lipinski definition) is 3. The third-order valence-electron chi connectivity index (χ3n) is 3.06. The molecule has 0 saturated carbocycles. The topological polar surface area (TPSA) is 41.5 Å². The molecule has 0 aromatic heterocycles. The second kappa shape index (κ2) is 7.30. The number of nitrogens with one attached hydrogen (secondary N) is 1. The Morgan fingerprint density at radius 3 is 2.41 bits per heavy atom. The number of rotatable bonds is 8. The summed E-state index contributed by atoms with van der Waals surface area (Å²) >= 11 is 0. The average molecular weight is 237 g/mol. The maximum Gasteiger partial charge on any atom is 0.119 e. The summed E-state index contributed by atoms with van der Waals surface area (Å²) in [5, 5.41) is 13.3. The summed E-state index contributed by atoms with van der Waals surface area (Å²) in [6.07, 6.45) is 1.55. The monoisotopic (exact) mass is 237 g/mol. The van der Waals surface area contributed by atoms with Crippen LogP contribution in [0, 0.1) is 0 Å². The molecule has 3 nitrogen and oxygen atoms in total. The van der Waals surface area contributed by atoms with Crippen molar-refractivity contribution >= 4 is 0 Å². The second-order valence-electron chi connectivity index (χ2n) is 4.27. The van der Waals surface area contributed by atoms with Crippen molar-refractivity contribution in [3.63, 3.8) is 0 Å². The molecule has 2 N–H and O–H groups in total. The van der Waals surface area contributed by atoms with E-state index in [0.717, 1.165) is 25.1 Å². The van der Waals surface area contributed by atoms with Crippen LogP contribution in [0.25, 0.3) is 0 Å². The first-order chi connectivity index (χ1) is 8.20. The van der Waals surface area contributed by atoms with Gasteiger partial charge in [0.25, 0.3) is 0 Å². The average Bonchev–Trinajstić information content (AvgIpc) is 2.39. The van der Waals surface area contributed by atoms with Crippen molar-refractivity contribution in [2.24, 2.45) is 0 Å². The highest BCUT2D eigenvalue weighted by Crippen LogP contribution is 2.12. The number of benzene rings is 1. The molecule has 0 unspecified atom stereocenters. The lowest BCUT2D eigenvalue weighted by Crippen LogP contribution is -2.40. The maximum atomic E-state index is 10.0. The van der Waals surface area contributed by atoms with Crippen LogP contribution in [0.5, 0.6) is 5.75 Å². The minimum Gasteiger partial charge on any atom is -0.492 e. The van der Waals surface area contributed by atoms with E-state index in [4.69, 9.17) is 4.74 Å². The van der Waals surface area contributed by atoms with Crippen LogP contribution in [-0.4, -0.2) is 30.4 Å². The third kappa shape index (κ3) is 5.20. The molecule has 0 atom stereocenters. The van der Waals surface area contributed by atoms with Gasteiger partial charge >= 0.3 is 0 Å². The predicted octanol–water partition coefficient (Wildman–Crippen LogP) is 2.21. The van der Waals surface area contributed by atoms with E-state index < -0.39 is 5.60 Å². The summed E-state index contributed by atoms with van der Waals surface area (Å²) < 4.78 is 5.54. The minimum atomic E-state index is -0.577. The van der Waals surface area contributed by atoms with Crippen LogP contribution >= 0.6 is 0 Å². The van der Waals surface area contributed by atoms with Crippen LogP contribution in [-0.2, 0) is 0 Å². The normalized spacial score (nSPS) is 11.5. The van der Waals surface area contributed by atoms with Crippen LogP contribution in [0.1, 0.15) is 26.7 Å². The predicted molar refractivity (Wildman–Crippen MR) is 70.3 cm³/mol.